The molecule has 2 aliphatic rings. The van der Waals surface area contributed by atoms with E-state index in [1.807, 2.05) is 0 Å². The Labute approximate surface area is 180 Å². The van der Waals surface area contributed by atoms with E-state index in [-0.39, 0.29) is 35.9 Å². The van der Waals surface area contributed by atoms with Crippen molar-refractivity contribution in [2.45, 2.75) is 58.5 Å². The molecular weight excluding hydrogens is 451 g/mol. The molecule has 6 heteroatoms. The van der Waals surface area contributed by atoms with E-state index in [9.17, 15) is 4.79 Å². The van der Waals surface area contributed by atoms with Crippen LogP contribution in [0.1, 0.15) is 50.2 Å². The number of nitrogens with one attached hydrogen (secondary N) is 2. The van der Waals surface area contributed by atoms with Crippen LogP contribution in [-0.2, 0) is 11.3 Å². The number of likely N-dealkylation sites (tertiary alicyclic amines) is 1. The Morgan fingerprint density at radius 1 is 1.22 bits per heavy atom. The summed E-state index contributed by atoms with van der Waals surface area (Å²) in [5.41, 5.74) is 2.51. The van der Waals surface area contributed by atoms with Crippen molar-refractivity contribution in [3.63, 3.8) is 0 Å². The fourth-order valence-electron chi connectivity index (χ4n) is 3.97. The molecule has 1 aliphatic carbocycles. The molecule has 0 bridgehead atoms. The second-order valence-electron chi connectivity index (χ2n) is 7.52. The Kier molecular flexibility index (Phi) is 8.86. The highest BCUT2D eigenvalue weighted by molar-refractivity contribution is 14.0. The second-order valence-corrected chi connectivity index (χ2v) is 7.52. The Balaban J connectivity index is 0.00000261. The first-order valence-electron chi connectivity index (χ1n) is 10.1. The maximum atomic E-state index is 12.6. The van der Waals surface area contributed by atoms with Gasteiger partial charge in [-0.05, 0) is 44.2 Å². The highest BCUT2D eigenvalue weighted by atomic mass is 127. The first-order valence-corrected chi connectivity index (χ1v) is 10.1. The molecule has 1 saturated carbocycles. The van der Waals surface area contributed by atoms with E-state index in [1.54, 1.807) is 0 Å². The lowest BCUT2D eigenvalue weighted by atomic mass is 10.1. The average Bonchev–Trinajstić information content (AvgIpc) is 3.32. The van der Waals surface area contributed by atoms with Crippen molar-refractivity contribution in [1.29, 1.82) is 0 Å². The number of hydrogen-bond acceptors (Lipinski definition) is 2. The third kappa shape index (κ3) is 6.09. The highest BCUT2D eigenvalue weighted by Gasteiger charge is 2.32. The SMILES string of the molecule is CCNC(=NCc1ccccc1C)NC1CCN(C(=O)C2CCCC2)C1.I. The third-order valence-electron chi connectivity index (χ3n) is 5.56. The number of rotatable bonds is 5. The fourth-order valence-corrected chi connectivity index (χ4v) is 3.97. The predicted octanol–water partition coefficient (Wildman–Crippen LogP) is 3.46. The summed E-state index contributed by atoms with van der Waals surface area (Å²) in [7, 11) is 0. The lowest BCUT2D eigenvalue weighted by Gasteiger charge is -2.21. The van der Waals surface area contributed by atoms with E-state index in [0.29, 0.717) is 12.5 Å². The lowest BCUT2D eigenvalue weighted by Crippen LogP contribution is -2.45. The van der Waals surface area contributed by atoms with Gasteiger partial charge in [0.2, 0.25) is 5.91 Å². The van der Waals surface area contributed by atoms with Gasteiger partial charge in [0.15, 0.2) is 5.96 Å². The van der Waals surface area contributed by atoms with Crippen LogP contribution in [0, 0.1) is 12.8 Å². The van der Waals surface area contributed by atoms with Crippen LogP contribution in [0.2, 0.25) is 0 Å². The summed E-state index contributed by atoms with van der Waals surface area (Å²) in [6.45, 7) is 7.36. The molecule has 1 unspecified atom stereocenters. The van der Waals surface area contributed by atoms with E-state index in [4.69, 9.17) is 4.99 Å². The summed E-state index contributed by atoms with van der Waals surface area (Å²) in [5, 5.41) is 6.86. The first-order chi connectivity index (χ1) is 12.7. The fraction of sp³-hybridized carbons (Fsp3) is 0.619. The molecular formula is C21H33IN4O. The first kappa shape index (κ1) is 22.0. The molecule has 0 radical (unpaired) electrons. The Hall–Kier alpha value is -1.31. The van der Waals surface area contributed by atoms with Gasteiger partial charge in [0, 0.05) is 31.6 Å². The van der Waals surface area contributed by atoms with Gasteiger partial charge in [0.05, 0.1) is 6.54 Å². The van der Waals surface area contributed by atoms with Crippen LogP contribution < -0.4 is 10.6 Å². The zero-order valence-corrected chi connectivity index (χ0v) is 18.9. The molecule has 1 aromatic carbocycles. The number of aryl methyl sites for hydroxylation is 1. The van der Waals surface area contributed by atoms with Gasteiger partial charge in [-0.2, -0.15) is 0 Å². The monoisotopic (exact) mass is 484 g/mol. The van der Waals surface area contributed by atoms with Crippen LogP contribution in [0.4, 0.5) is 0 Å². The normalized spacial score (nSPS) is 20.4. The number of halogens is 1. The minimum Gasteiger partial charge on any atom is -0.357 e. The molecule has 2 fully saturated rings. The van der Waals surface area contributed by atoms with Crippen molar-refractivity contribution in [1.82, 2.24) is 15.5 Å². The maximum absolute atomic E-state index is 12.6. The summed E-state index contributed by atoms with van der Waals surface area (Å²) in [4.78, 5) is 19.4. The quantitative estimate of drug-likeness (QED) is 0.383. The summed E-state index contributed by atoms with van der Waals surface area (Å²) < 4.78 is 0. The molecule has 1 amide bonds. The van der Waals surface area contributed by atoms with Gasteiger partial charge in [0.25, 0.3) is 0 Å². The van der Waals surface area contributed by atoms with Crippen molar-refractivity contribution in [2.75, 3.05) is 19.6 Å². The number of aliphatic imine (C=N–C) groups is 1. The minimum atomic E-state index is 0. The standard InChI is InChI=1S/C21H32N4O.HI/c1-3-22-21(23-14-18-11-5-4-8-16(18)2)24-19-12-13-25(15-19)20(26)17-9-6-7-10-17;/h4-5,8,11,17,19H,3,6-7,9-10,12-15H2,1-2H3,(H2,22,23,24);1H. The van der Waals surface area contributed by atoms with Crippen molar-refractivity contribution in [3.05, 3.63) is 35.4 Å². The largest absolute Gasteiger partial charge is 0.357 e. The van der Waals surface area contributed by atoms with Crippen LogP contribution in [0.15, 0.2) is 29.3 Å². The third-order valence-corrected chi connectivity index (χ3v) is 5.56. The van der Waals surface area contributed by atoms with Gasteiger partial charge in [-0.1, -0.05) is 37.1 Å². The number of nitrogens with zero attached hydrogens (tertiary/aromatic N) is 2. The van der Waals surface area contributed by atoms with Gasteiger partial charge < -0.3 is 15.5 Å². The number of hydrogen-bond donors (Lipinski definition) is 2. The molecule has 3 rings (SSSR count). The number of carbonyl (C=O) groups is 1. The Morgan fingerprint density at radius 2 is 1.96 bits per heavy atom. The average molecular weight is 484 g/mol. The lowest BCUT2D eigenvalue weighted by molar-refractivity contribution is -0.134. The van der Waals surface area contributed by atoms with E-state index in [2.05, 4.69) is 53.6 Å². The predicted molar refractivity (Wildman–Crippen MR) is 121 cm³/mol. The van der Waals surface area contributed by atoms with E-state index in [1.165, 1.54) is 24.0 Å². The number of amides is 1. The van der Waals surface area contributed by atoms with Crippen LogP contribution >= 0.6 is 24.0 Å². The zero-order chi connectivity index (χ0) is 18.4. The number of guanidine groups is 1. The van der Waals surface area contributed by atoms with Gasteiger partial charge >= 0.3 is 0 Å². The summed E-state index contributed by atoms with van der Waals surface area (Å²) in [6, 6.07) is 8.65. The molecule has 0 spiro atoms. The van der Waals surface area contributed by atoms with Crippen molar-refractivity contribution in [2.24, 2.45) is 10.9 Å². The van der Waals surface area contributed by atoms with Gasteiger partial charge in [-0.25, -0.2) is 4.99 Å². The molecule has 1 atom stereocenters. The van der Waals surface area contributed by atoms with Crippen molar-refractivity contribution < 1.29 is 4.79 Å². The van der Waals surface area contributed by atoms with Crippen molar-refractivity contribution in [3.8, 4) is 0 Å². The topological polar surface area (TPSA) is 56.7 Å². The number of carbonyl (C=O) groups excluding carboxylic acids is 1. The molecule has 1 heterocycles. The minimum absolute atomic E-state index is 0. The number of benzene rings is 1. The van der Waals surface area contributed by atoms with Crippen LogP contribution in [0.5, 0.6) is 0 Å². The summed E-state index contributed by atoms with van der Waals surface area (Å²) >= 11 is 0. The molecule has 1 saturated heterocycles. The molecule has 1 aromatic rings. The van der Waals surface area contributed by atoms with E-state index >= 15 is 0 Å². The van der Waals surface area contributed by atoms with Crippen molar-refractivity contribution >= 4 is 35.8 Å². The Bertz CT molecular complexity index is 643. The summed E-state index contributed by atoms with van der Waals surface area (Å²) in [5.74, 6) is 1.49. The second kappa shape index (κ2) is 10.9. The van der Waals surface area contributed by atoms with Gasteiger partial charge in [0.1, 0.15) is 0 Å². The molecule has 5 nitrogen and oxygen atoms in total. The van der Waals surface area contributed by atoms with E-state index < -0.39 is 0 Å². The van der Waals surface area contributed by atoms with Gasteiger partial charge in [-0.3, -0.25) is 4.79 Å². The molecule has 0 aromatic heterocycles. The van der Waals surface area contributed by atoms with Crippen LogP contribution in [0.25, 0.3) is 0 Å². The Morgan fingerprint density at radius 3 is 2.67 bits per heavy atom. The molecule has 2 N–H and O–H groups in total. The van der Waals surface area contributed by atoms with Crippen LogP contribution in [-0.4, -0.2) is 42.4 Å². The van der Waals surface area contributed by atoms with Gasteiger partial charge in [-0.15, -0.1) is 24.0 Å². The molecule has 27 heavy (non-hydrogen) atoms. The molecule has 1 aliphatic heterocycles. The van der Waals surface area contributed by atoms with E-state index in [0.717, 1.165) is 44.9 Å². The summed E-state index contributed by atoms with van der Waals surface area (Å²) in [6.07, 6.45) is 5.57. The smallest absolute Gasteiger partial charge is 0.225 e. The highest BCUT2D eigenvalue weighted by Crippen LogP contribution is 2.27. The molecule has 150 valence electrons. The zero-order valence-electron chi connectivity index (χ0n) is 16.5. The van der Waals surface area contributed by atoms with Crippen LogP contribution in [0.3, 0.4) is 0 Å². The maximum Gasteiger partial charge on any atom is 0.225 e.